The monoisotopic (exact) mass is 420 g/mol. The normalized spacial score (nSPS) is 12.6. The van der Waals surface area contributed by atoms with Gasteiger partial charge in [-0.05, 0) is 25.2 Å². The van der Waals surface area contributed by atoms with Crippen LogP contribution in [0.5, 0.6) is 0 Å². The van der Waals surface area contributed by atoms with Crippen molar-refractivity contribution >= 4 is 40.5 Å². The lowest BCUT2D eigenvalue weighted by Crippen LogP contribution is -2.26. The minimum Gasteiger partial charge on any atom is -0.370 e. The Morgan fingerprint density at radius 3 is 2.81 bits per heavy atom. The molecular formula is C14H19F3N8S2. The maximum atomic E-state index is 12.1. The van der Waals surface area contributed by atoms with E-state index in [1.807, 2.05) is 12.4 Å². The van der Waals surface area contributed by atoms with Gasteiger partial charge in [-0.3, -0.25) is 10.3 Å². The molecule has 0 aliphatic carbocycles. The summed E-state index contributed by atoms with van der Waals surface area (Å²) >= 11 is 2.78. The smallest absolute Gasteiger partial charge is 0.370 e. The van der Waals surface area contributed by atoms with Crippen molar-refractivity contribution in [3.05, 3.63) is 12.3 Å². The molecule has 0 aliphatic heterocycles. The Bertz CT molecular complexity index is 688. The van der Waals surface area contributed by atoms with Crippen molar-refractivity contribution in [2.45, 2.75) is 24.2 Å². The second kappa shape index (κ2) is 12.2. The van der Waals surface area contributed by atoms with Crippen molar-refractivity contribution in [1.82, 2.24) is 15.3 Å². The number of alkyl halides is 3. The van der Waals surface area contributed by atoms with Crippen LogP contribution in [0.15, 0.2) is 27.4 Å². The molecule has 27 heavy (non-hydrogen) atoms. The summed E-state index contributed by atoms with van der Waals surface area (Å²) in [4.78, 5) is 15.7. The SMILES string of the molecule is CSC(=NCCCCSc1nccc(NC(N)=NCC(F)(F)F)n1)NC#N. The second-order valence-corrected chi connectivity index (χ2v) is 6.71. The van der Waals surface area contributed by atoms with Gasteiger partial charge in [0.25, 0.3) is 0 Å². The number of thioether (sulfide) groups is 2. The van der Waals surface area contributed by atoms with Crippen LogP contribution in [0.2, 0.25) is 0 Å². The van der Waals surface area contributed by atoms with Crippen molar-refractivity contribution in [3.8, 4) is 6.19 Å². The zero-order valence-electron chi connectivity index (χ0n) is 14.5. The Morgan fingerprint density at radius 2 is 2.15 bits per heavy atom. The van der Waals surface area contributed by atoms with E-state index in [4.69, 9.17) is 11.0 Å². The molecule has 0 fully saturated rings. The Kier molecular flexibility index (Phi) is 10.3. The lowest BCUT2D eigenvalue weighted by Gasteiger charge is -2.07. The topological polar surface area (TPSA) is 124 Å². The van der Waals surface area contributed by atoms with Crippen LogP contribution in [0.1, 0.15) is 12.8 Å². The molecule has 0 atom stereocenters. The molecule has 0 aliphatic rings. The van der Waals surface area contributed by atoms with E-state index in [1.54, 1.807) is 0 Å². The highest BCUT2D eigenvalue weighted by Gasteiger charge is 2.26. The number of amidine groups is 1. The average molecular weight is 420 g/mol. The molecule has 0 aromatic carbocycles. The van der Waals surface area contributed by atoms with E-state index in [-0.39, 0.29) is 11.8 Å². The van der Waals surface area contributed by atoms with E-state index in [1.165, 1.54) is 35.8 Å². The summed E-state index contributed by atoms with van der Waals surface area (Å²) in [7, 11) is 0. The van der Waals surface area contributed by atoms with Gasteiger partial charge in [-0.2, -0.15) is 18.4 Å². The van der Waals surface area contributed by atoms with E-state index in [0.717, 1.165) is 18.6 Å². The number of nitrogens with zero attached hydrogens (tertiary/aromatic N) is 5. The summed E-state index contributed by atoms with van der Waals surface area (Å²) in [5, 5.41) is 14.6. The summed E-state index contributed by atoms with van der Waals surface area (Å²) in [6, 6.07) is 1.49. The number of nitrogens with one attached hydrogen (secondary N) is 2. The molecule has 0 spiro atoms. The predicted octanol–water partition coefficient (Wildman–Crippen LogP) is 2.43. The molecule has 0 bridgehead atoms. The Hall–Kier alpha value is -2.20. The average Bonchev–Trinajstić information content (AvgIpc) is 2.61. The minimum absolute atomic E-state index is 0.271. The van der Waals surface area contributed by atoms with Gasteiger partial charge in [-0.1, -0.05) is 23.5 Å². The lowest BCUT2D eigenvalue weighted by molar-refractivity contribution is -0.118. The van der Waals surface area contributed by atoms with Crippen LogP contribution >= 0.6 is 23.5 Å². The van der Waals surface area contributed by atoms with E-state index in [9.17, 15) is 13.2 Å². The summed E-state index contributed by atoms with van der Waals surface area (Å²) in [6.45, 7) is -0.761. The molecule has 0 saturated carbocycles. The van der Waals surface area contributed by atoms with Gasteiger partial charge in [0.1, 0.15) is 12.4 Å². The second-order valence-electron chi connectivity index (χ2n) is 4.85. The van der Waals surface area contributed by atoms with Crippen LogP contribution in [0.3, 0.4) is 0 Å². The summed E-state index contributed by atoms with van der Waals surface area (Å²) in [5.41, 5.74) is 5.41. The number of nitrogens with two attached hydrogens (primary N) is 1. The van der Waals surface area contributed by atoms with Gasteiger partial charge >= 0.3 is 6.18 Å². The van der Waals surface area contributed by atoms with Gasteiger partial charge < -0.3 is 11.1 Å². The maximum absolute atomic E-state index is 12.1. The number of anilines is 1. The van der Waals surface area contributed by atoms with E-state index >= 15 is 0 Å². The van der Waals surface area contributed by atoms with Crippen LogP contribution in [0, 0.1) is 11.5 Å². The van der Waals surface area contributed by atoms with Crippen molar-refractivity contribution in [1.29, 1.82) is 5.26 Å². The summed E-state index contributed by atoms with van der Waals surface area (Å²) in [5.74, 6) is 0.653. The van der Waals surface area contributed by atoms with Gasteiger partial charge in [0.2, 0.25) is 0 Å². The first-order chi connectivity index (χ1) is 12.8. The highest BCUT2D eigenvalue weighted by Crippen LogP contribution is 2.17. The maximum Gasteiger partial charge on any atom is 0.408 e. The van der Waals surface area contributed by atoms with E-state index < -0.39 is 12.7 Å². The number of halogens is 3. The zero-order chi connectivity index (χ0) is 20.1. The first-order valence-electron chi connectivity index (χ1n) is 7.67. The van der Waals surface area contributed by atoms with Crippen LogP contribution < -0.4 is 16.4 Å². The molecule has 0 amide bonds. The van der Waals surface area contributed by atoms with Crippen LogP contribution in [0.25, 0.3) is 0 Å². The first kappa shape index (κ1) is 22.8. The third-order valence-corrected chi connectivity index (χ3v) is 4.28. The molecule has 0 unspecified atom stereocenters. The Labute approximate surface area is 163 Å². The Morgan fingerprint density at radius 1 is 1.37 bits per heavy atom. The van der Waals surface area contributed by atoms with Crippen LogP contribution in [-0.4, -0.2) is 52.4 Å². The fraction of sp³-hybridized carbons (Fsp3) is 0.500. The number of nitriles is 1. The molecule has 13 heteroatoms. The number of unbranched alkanes of at least 4 members (excludes halogenated alkanes) is 1. The quantitative estimate of drug-likeness (QED) is 0.111. The zero-order valence-corrected chi connectivity index (χ0v) is 16.1. The van der Waals surface area contributed by atoms with Crippen LogP contribution in [0.4, 0.5) is 19.0 Å². The fourth-order valence-corrected chi connectivity index (χ4v) is 2.78. The molecule has 1 rings (SSSR count). The lowest BCUT2D eigenvalue weighted by atomic mass is 10.3. The third-order valence-electron chi connectivity index (χ3n) is 2.71. The largest absolute Gasteiger partial charge is 0.408 e. The van der Waals surface area contributed by atoms with Crippen molar-refractivity contribution in [3.63, 3.8) is 0 Å². The summed E-state index contributed by atoms with van der Waals surface area (Å²) in [6.07, 6.45) is 2.42. The van der Waals surface area contributed by atoms with Crippen molar-refractivity contribution in [2.75, 3.05) is 30.4 Å². The molecule has 8 nitrogen and oxygen atoms in total. The minimum atomic E-state index is -4.41. The molecule has 1 aromatic rings. The number of guanidine groups is 1. The fourth-order valence-electron chi connectivity index (χ4n) is 1.59. The standard InChI is InChI=1S/C14H19F3N8S2/c1-26-12(23-9-18)20-5-2-3-7-27-13-21-6-4-10(25-13)24-11(19)22-8-14(15,16)17/h4,6H,2-3,5,7-8H2,1H3,(H,20,23)(H3,19,21,22,24,25). The number of aromatic nitrogens is 2. The summed E-state index contributed by atoms with van der Waals surface area (Å²) < 4.78 is 36.3. The third kappa shape index (κ3) is 11.2. The van der Waals surface area contributed by atoms with Gasteiger partial charge in [0.15, 0.2) is 22.5 Å². The first-order valence-corrected chi connectivity index (χ1v) is 9.88. The molecule has 0 saturated heterocycles. The molecule has 4 N–H and O–H groups in total. The van der Waals surface area contributed by atoms with Gasteiger partial charge in [-0.25, -0.2) is 15.0 Å². The molecule has 0 radical (unpaired) electrons. The molecule has 1 heterocycles. The number of hydrogen-bond acceptors (Lipinski definition) is 7. The van der Waals surface area contributed by atoms with Gasteiger partial charge in [0, 0.05) is 18.5 Å². The molecule has 148 valence electrons. The van der Waals surface area contributed by atoms with Crippen molar-refractivity contribution < 1.29 is 13.2 Å². The van der Waals surface area contributed by atoms with Crippen molar-refractivity contribution in [2.24, 2.45) is 15.7 Å². The van der Waals surface area contributed by atoms with Gasteiger partial charge in [0.05, 0.1) is 0 Å². The number of hydrogen-bond donors (Lipinski definition) is 3. The van der Waals surface area contributed by atoms with E-state index in [2.05, 4.69) is 30.6 Å². The number of aliphatic imine (C=N–C) groups is 2. The highest BCUT2D eigenvalue weighted by molar-refractivity contribution is 8.13. The number of rotatable bonds is 8. The predicted molar refractivity (Wildman–Crippen MR) is 103 cm³/mol. The van der Waals surface area contributed by atoms with Gasteiger partial charge in [-0.15, -0.1) is 0 Å². The molecular weight excluding hydrogens is 401 g/mol. The molecule has 1 aromatic heterocycles. The van der Waals surface area contributed by atoms with E-state index in [0.29, 0.717) is 16.9 Å². The highest BCUT2D eigenvalue weighted by atomic mass is 32.2. The Balaban J connectivity index is 2.39. The van der Waals surface area contributed by atoms with Crippen LogP contribution in [-0.2, 0) is 0 Å².